The minimum absolute atomic E-state index is 0. The number of halogens is 1. The Balaban J connectivity index is 0.00000196. The number of benzene rings is 1. The van der Waals surface area contributed by atoms with Crippen molar-refractivity contribution < 1.29 is 0 Å². The zero-order valence-electron chi connectivity index (χ0n) is 15.8. The number of fused-ring (bicyclic) bond motifs is 1. The molecular weight excluding hydrogens is 346 g/mol. The summed E-state index contributed by atoms with van der Waals surface area (Å²) in [7, 11) is 0. The van der Waals surface area contributed by atoms with E-state index in [1.165, 1.54) is 29.8 Å². The van der Waals surface area contributed by atoms with Gasteiger partial charge < -0.3 is 9.88 Å². The maximum absolute atomic E-state index is 4.51. The van der Waals surface area contributed by atoms with Gasteiger partial charge in [0.2, 0.25) is 0 Å². The summed E-state index contributed by atoms with van der Waals surface area (Å²) in [6, 6.07) is 9.15. The molecule has 5 nitrogen and oxygen atoms in total. The molecule has 3 heterocycles. The Morgan fingerprint density at radius 3 is 2.50 bits per heavy atom. The first-order valence-corrected chi connectivity index (χ1v) is 9.64. The minimum Gasteiger partial charge on any atom is -0.312 e. The van der Waals surface area contributed by atoms with Crippen LogP contribution in [0.5, 0.6) is 0 Å². The lowest BCUT2D eigenvalue weighted by Gasteiger charge is -2.32. The first-order chi connectivity index (χ1) is 12.2. The molecular formula is C20H30ClN5. The van der Waals surface area contributed by atoms with Crippen LogP contribution in [-0.2, 0) is 19.6 Å². The molecule has 0 bridgehead atoms. The van der Waals surface area contributed by atoms with Crippen molar-refractivity contribution in [3.05, 3.63) is 47.0 Å². The van der Waals surface area contributed by atoms with E-state index in [4.69, 9.17) is 0 Å². The van der Waals surface area contributed by atoms with E-state index in [1.807, 2.05) is 0 Å². The van der Waals surface area contributed by atoms with Gasteiger partial charge in [0.05, 0.1) is 6.54 Å². The topological polar surface area (TPSA) is 46.0 Å². The van der Waals surface area contributed by atoms with E-state index in [-0.39, 0.29) is 12.4 Å². The van der Waals surface area contributed by atoms with Crippen molar-refractivity contribution in [3.8, 4) is 0 Å². The first-order valence-electron chi connectivity index (χ1n) is 9.64. The van der Waals surface area contributed by atoms with Crippen LogP contribution in [0.15, 0.2) is 24.3 Å². The standard InChI is InChI=1S/C20H29N5.ClH/c1-15(2)17-5-3-16(4-6-17)14-24-10-7-18(8-11-24)20-23-22-19-13-21-9-12-25(19)20;/h3-6,15,18,21H,7-14H2,1-2H3;1H. The van der Waals surface area contributed by atoms with Gasteiger partial charge in [0.1, 0.15) is 11.6 Å². The predicted molar refractivity (Wildman–Crippen MR) is 107 cm³/mol. The van der Waals surface area contributed by atoms with Gasteiger partial charge >= 0.3 is 0 Å². The molecule has 1 saturated heterocycles. The highest BCUT2D eigenvalue weighted by Crippen LogP contribution is 2.28. The van der Waals surface area contributed by atoms with Gasteiger partial charge in [0.25, 0.3) is 0 Å². The molecule has 2 aliphatic rings. The average molecular weight is 376 g/mol. The lowest BCUT2D eigenvalue weighted by Crippen LogP contribution is -2.34. The van der Waals surface area contributed by atoms with Crippen LogP contribution in [0.1, 0.15) is 61.3 Å². The second-order valence-corrected chi connectivity index (χ2v) is 7.75. The lowest BCUT2D eigenvalue weighted by atomic mass is 9.95. The minimum atomic E-state index is 0. The third kappa shape index (κ3) is 4.11. The Morgan fingerprint density at radius 1 is 1.08 bits per heavy atom. The number of nitrogens with one attached hydrogen (secondary N) is 1. The quantitative estimate of drug-likeness (QED) is 0.890. The Kier molecular flexibility index (Phi) is 6.33. The van der Waals surface area contributed by atoms with Gasteiger partial charge in [-0.1, -0.05) is 38.1 Å². The third-order valence-corrected chi connectivity index (χ3v) is 5.66. The summed E-state index contributed by atoms with van der Waals surface area (Å²) in [6.07, 6.45) is 2.38. The van der Waals surface area contributed by atoms with Crippen LogP contribution in [0, 0.1) is 0 Å². The van der Waals surface area contributed by atoms with Crippen LogP contribution >= 0.6 is 12.4 Å². The average Bonchev–Trinajstić information content (AvgIpc) is 3.07. The van der Waals surface area contributed by atoms with Crippen LogP contribution in [0.2, 0.25) is 0 Å². The summed E-state index contributed by atoms with van der Waals surface area (Å²) in [5.74, 6) is 3.50. The van der Waals surface area contributed by atoms with Crippen molar-refractivity contribution >= 4 is 12.4 Å². The molecule has 0 amide bonds. The van der Waals surface area contributed by atoms with E-state index in [0.717, 1.165) is 45.1 Å². The highest BCUT2D eigenvalue weighted by atomic mass is 35.5. The number of likely N-dealkylation sites (tertiary alicyclic amines) is 1. The smallest absolute Gasteiger partial charge is 0.147 e. The number of piperidine rings is 1. The van der Waals surface area contributed by atoms with E-state index in [2.05, 4.69) is 63.1 Å². The van der Waals surface area contributed by atoms with Crippen molar-refractivity contribution in [1.29, 1.82) is 0 Å². The molecule has 2 aliphatic heterocycles. The fourth-order valence-corrected chi connectivity index (χ4v) is 4.03. The van der Waals surface area contributed by atoms with Crippen LogP contribution in [-0.4, -0.2) is 39.3 Å². The number of hydrogen-bond donors (Lipinski definition) is 1. The van der Waals surface area contributed by atoms with Gasteiger partial charge in [0.15, 0.2) is 0 Å². The summed E-state index contributed by atoms with van der Waals surface area (Å²) in [5.41, 5.74) is 2.85. The highest BCUT2D eigenvalue weighted by Gasteiger charge is 2.26. The van der Waals surface area contributed by atoms with E-state index in [9.17, 15) is 0 Å². The molecule has 0 atom stereocenters. The van der Waals surface area contributed by atoms with Crippen LogP contribution in [0.3, 0.4) is 0 Å². The molecule has 0 saturated carbocycles. The molecule has 1 N–H and O–H groups in total. The van der Waals surface area contributed by atoms with E-state index in [0.29, 0.717) is 11.8 Å². The van der Waals surface area contributed by atoms with Crippen molar-refractivity contribution in [3.63, 3.8) is 0 Å². The predicted octanol–water partition coefficient (Wildman–Crippen LogP) is 3.31. The summed E-state index contributed by atoms with van der Waals surface area (Å²) < 4.78 is 2.35. The van der Waals surface area contributed by atoms with Crippen molar-refractivity contribution in [1.82, 2.24) is 25.0 Å². The SMILES string of the molecule is CC(C)c1ccc(CN2CCC(c3nnc4n3CCNC4)CC2)cc1.Cl. The summed E-state index contributed by atoms with van der Waals surface area (Å²) in [5, 5.41) is 12.3. The zero-order chi connectivity index (χ0) is 17.2. The highest BCUT2D eigenvalue weighted by molar-refractivity contribution is 5.85. The molecule has 1 fully saturated rings. The van der Waals surface area contributed by atoms with E-state index in [1.54, 1.807) is 0 Å². The molecule has 0 radical (unpaired) electrons. The summed E-state index contributed by atoms with van der Waals surface area (Å²) in [6.45, 7) is 10.8. The molecule has 4 rings (SSSR count). The van der Waals surface area contributed by atoms with Gasteiger partial charge in [-0.3, -0.25) is 4.90 Å². The molecule has 0 spiro atoms. The van der Waals surface area contributed by atoms with Gasteiger partial charge in [-0.2, -0.15) is 0 Å². The van der Waals surface area contributed by atoms with E-state index < -0.39 is 0 Å². The van der Waals surface area contributed by atoms with Crippen LogP contribution in [0.25, 0.3) is 0 Å². The second-order valence-electron chi connectivity index (χ2n) is 7.75. The maximum Gasteiger partial charge on any atom is 0.147 e. The Bertz CT molecular complexity index is 701. The normalized spacial score (nSPS) is 18.6. The van der Waals surface area contributed by atoms with Gasteiger partial charge in [-0.05, 0) is 43.0 Å². The van der Waals surface area contributed by atoms with Crippen molar-refractivity contribution in [2.75, 3.05) is 19.6 Å². The van der Waals surface area contributed by atoms with Crippen molar-refractivity contribution in [2.45, 2.75) is 58.2 Å². The van der Waals surface area contributed by atoms with E-state index >= 15 is 0 Å². The van der Waals surface area contributed by atoms with Crippen LogP contribution in [0.4, 0.5) is 0 Å². The van der Waals surface area contributed by atoms with Gasteiger partial charge in [0, 0.05) is 25.6 Å². The Hall–Kier alpha value is -1.43. The van der Waals surface area contributed by atoms with Crippen molar-refractivity contribution in [2.24, 2.45) is 0 Å². The Labute approximate surface area is 162 Å². The number of nitrogens with zero attached hydrogens (tertiary/aromatic N) is 4. The molecule has 0 unspecified atom stereocenters. The summed E-state index contributed by atoms with van der Waals surface area (Å²) >= 11 is 0. The lowest BCUT2D eigenvalue weighted by molar-refractivity contribution is 0.199. The fraction of sp³-hybridized carbons (Fsp3) is 0.600. The molecule has 1 aromatic carbocycles. The summed E-state index contributed by atoms with van der Waals surface area (Å²) in [4.78, 5) is 2.58. The number of aromatic nitrogens is 3. The van der Waals surface area contributed by atoms with Gasteiger partial charge in [-0.15, -0.1) is 22.6 Å². The van der Waals surface area contributed by atoms with Gasteiger partial charge in [-0.25, -0.2) is 0 Å². The Morgan fingerprint density at radius 2 is 1.81 bits per heavy atom. The number of hydrogen-bond acceptors (Lipinski definition) is 4. The second kappa shape index (κ2) is 8.51. The molecule has 26 heavy (non-hydrogen) atoms. The largest absolute Gasteiger partial charge is 0.312 e. The number of rotatable bonds is 4. The molecule has 1 aromatic heterocycles. The first kappa shape index (κ1) is 19.3. The molecule has 2 aromatic rings. The fourth-order valence-electron chi connectivity index (χ4n) is 4.03. The molecule has 0 aliphatic carbocycles. The zero-order valence-corrected chi connectivity index (χ0v) is 16.6. The monoisotopic (exact) mass is 375 g/mol. The maximum atomic E-state index is 4.51. The third-order valence-electron chi connectivity index (χ3n) is 5.66. The molecule has 142 valence electrons. The molecule has 6 heteroatoms. The van der Waals surface area contributed by atoms with Crippen LogP contribution < -0.4 is 5.32 Å².